The van der Waals surface area contributed by atoms with Gasteiger partial charge in [-0.25, -0.2) is 4.73 Å². The van der Waals surface area contributed by atoms with E-state index in [-0.39, 0.29) is 0 Å². The van der Waals surface area contributed by atoms with E-state index >= 15 is 0 Å². The molecule has 4 N–H and O–H groups in total. The van der Waals surface area contributed by atoms with Gasteiger partial charge in [-0.3, -0.25) is 5.41 Å². The Kier molecular flexibility index (Phi) is 1.48. The molecule has 66 valence electrons. The Morgan fingerprint density at radius 3 is 2.85 bits per heavy atom. The van der Waals surface area contributed by atoms with Crippen LogP contribution in [0.5, 0.6) is 0 Å². The summed E-state index contributed by atoms with van der Waals surface area (Å²) >= 11 is 0. The number of fused-ring (bicyclic) bond motifs is 1. The SMILES string of the molecule is N=c1cc2ccn(O)cc-2cc1N. The highest BCUT2D eigenvalue weighted by Crippen LogP contribution is 2.19. The normalized spacial score (nSPS) is 10.5. The molecule has 0 radical (unpaired) electrons. The predicted molar refractivity (Wildman–Crippen MR) is 48.5 cm³/mol. The molecule has 2 aliphatic rings. The third-order valence-corrected chi connectivity index (χ3v) is 1.93. The second-order valence-corrected chi connectivity index (χ2v) is 2.89. The van der Waals surface area contributed by atoms with E-state index in [0.717, 1.165) is 15.9 Å². The van der Waals surface area contributed by atoms with E-state index in [4.69, 9.17) is 16.4 Å². The number of pyridine rings is 1. The maximum absolute atomic E-state index is 9.12. The highest BCUT2D eigenvalue weighted by atomic mass is 16.5. The first-order chi connectivity index (χ1) is 6.16. The van der Waals surface area contributed by atoms with E-state index in [9.17, 15) is 0 Å². The number of nitrogens with two attached hydrogens (primary N) is 1. The lowest BCUT2D eigenvalue weighted by Crippen LogP contribution is -2.08. The zero-order valence-corrected chi connectivity index (χ0v) is 6.86. The van der Waals surface area contributed by atoms with Crippen molar-refractivity contribution in [1.82, 2.24) is 4.73 Å². The molecule has 1 heterocycles. The fraction of sp³-hybridized carbons (Fsp3) is 0. The van der Waals surface area contributed by atoms with Gasteiger partial charge < -0.3 is 10.9 Å². The topological polar surface area (TPSA) is 75.0 Å². The van der Waals surface area contributed by atoms with E-state index in [1.165, 1.54) is 6.20 Å². The van der Waals surface area contributed by atoms with Crippen LogP contribution >= 0.6 is 0 Å². The predicted octanol–water partition coefficient (Wildman–Crippen LogP) is 0.892. The lowest BCUT2D eigenvalue weighted by atomic mass is 10.1. The van der Waals surface area contributed by atoms with E-state index < -0.39 is 0 Å². The molecule has 0 amide bonds. The lowest BCUT2D eigenvalue weighted by Gasteiger charge is -2.07. The van der Waals surface area contributed by atoms with Crippen molar-refractivity contribution in [2.24, 2.45) is 0 Å². The molecule has 0 fully saturated rings. The molecule has 0 bridgehead atoms. The van der Waals surface area contributed by atoms with Crippen LogP contribution in [0, 0.1) is 5.41 Å². The van der Waals surface area contributed by atoms with E-state index in [2.05, 4.69) is 0 Å². The number of rotatable bonds is 0. The standard InChI is InChI=1S/C9H9N3O/c10-8-3-6-1-2-12(13)5-7(6)4-9(8)11/h1-5,10,13H,11H2. The number of nitrogen functional groups attached to an aromatic ring is 1. The lowest BCUT2D eigenvalue weighted by molar-refractivity contribution is 0.185. The molecule has 0 aromatic carbocycles. The summed E-state index contributed by atoms with van der Waals surface area (Å²) in [6, 6.07) is 5.07. The molecule has 0 saturated carbocycles. The van der Waals surface area contributed by atoms with Gasteiger partial charge in [0.25, 0.3) is 0 Å². The zero-order valence-electron chi connectivity index (χ0n) is 6.86. The van der Waals surface area contributed by atoms with Crippen LogP contribution in [0.2, 0.25) is 0 Å². The van der Waals surface area contributed by atoms with Crippen molar-refractivity contribution in [2.75, 3.05) is 5.73 Å². The van der Waals surface area contributed by atoms with Crippen LogP contribution in [0.25, 0.3) is 11.1 Å². The van der Waals surface area contributed by atoms with Gasteiger partial charge in [-0.1, -0.05) is 0 Å². The van der Waals surface area contributed by atoms with Gasteiger partial charge in [0.05, 0.1) is 17.2 Å². The first-order valence-electron chi connectivity index (χ1n) is 3.82. The largest absolute Gasteiger partial charge is 0.429 e. The minimum atomic E-state index is 0.309. The smallest absolute Gasteiger partial charge is 0.0775 e. The maximum atomic E-state index is 9.12. The number of nitrogens with one attached hydrogen (secondary N) is 1. The number of anilines is 1. The molecule has 0 aromatic rings. The number of hydrogen-bond acceptors (Lipinski definition) is 3. The summed E-state index contributed by atoms with van der Waals surface area (Å²) in [5, 5.41) is 16.9. The second-order valence-electron chi connectivity index (χ2n) is 2.89. The van der Waals surface area contributed by atoms with E-state index in [1.54, 1.807) is 24.4 Å². The molecule has 4 heteroatoms. The number of hydrogen-bond donors (Lipinski definition) is 3. The molecule has 4 nitrogen and oxygen atoms in total. The Hall–Kier alpha value is -1.97. The summed E-state index contributed by atoms with van der Waals surface area (Å²) < 4.78 is 0.964. The maximum Gasteiger partial charge on any atom is 0.0775 e. The highest BCUT2D eigenvalue weighted by Gasteiger charge is 2.03. The average molecular weight is 175 g/mol. The van der Waals surface area contributed by atoms with Crippen LogP contribution in [0.4, 0.5) is 5.69 Å². The molecule has 0 aromatic heterocycles. The fourth-order valence-corrected chi connectivity index (χ4v) is 1.25. The highest BCUT2D eigenvalue weighted by molar-refractivity contribution is 5.68. The van der Waals surface area contributed by atoms with Gasteiger partial charge >= 0.3 is 0 Å². The molecular weight excluding hydrogens is 166 g/mol. The summed E-state index contributed by atoms with van der Waals surface area (Å²) in [5.74, 6) is 0. The summed E-state index contributed by atoms with van der Waals surface area (Å²) in [4.78, 5) is 0. The fourth-order valence-electron chi connectivity index (χ4n) is 1.25. The van der Waals surface area contributed by atoms with Crippen molar-refractivity contribution < 1.29 is 5.21 Å². The van der Waals surface area contributed by atoms with Crippen LogP contribution in [-0.4, -0.2) is 9.94 Å². The van der Waals surface area contributed by atoms with Gasteiger partial charge in [-0.2, -0.15) is 0 Å². The van der Waals surface area contributed by atoms with Crippen molar-refractivity contribution in [2.45, 2.75) is 0 Å². The van der Waals surface area contributed by atoms with Crippen molar-refractivity contribution in [1.29, 1.82) is 5.41 Å². The van der Waals surface area contributed by atoms with Crippen molar-refractivity contribution in [3.63, 3.8) is 0 Å². The molecule has 0 saturated heterocycles. The number of aromatic nitrogens is 1. The summed E-state index contributed by atoms with van der Waals surface area (Å²) in [5.41, 5.74) is 7.68. The van der Waals surface area contributed by atoms with Gasteiger partial charge in [-0.05, 0) is 23.8 Å². The summed E-state index contributed by atoms with van der Waals surface area (Å²) in [6.07, 6.45) is 3.06. The monoisotopic (exact) mass is 175 g/mol. The molecule has 0 spiro atoms. The first-order valence-corrected chi connectivity index (χ1v) is 3.82. The summed E-state index contributed by atoms with van der Waals surface area (Å²) in [7, 11) is 0. The Labute approximate surface area is 74.7 Å². The van der Waals surface area contributed by atoms with Gasteiger partial charge in [-0.15, -0.1) is 0 Å². The van der Waals surface area contributed by atoms with E-state index in [1.807, 2.05) is 0 Å². The summed E-state index contributed by atoms with van der Waals surface area (Å²) in [6.45, 7) is 0. The molecule has 2 rings (SSSR count). The van der Waals surface area contributed by atoms with Crippen LogP contribution in [0.1, 0.15) is 0 Å². The quantitative estimate of drug-likeness (QED) is 0.411. The minimum Gasteiger partial charge on any atom is -0.429 e. The Balaban J connectivity index is 2.83. The van der Waals surface area contributed by atoms with Crippen LogP contribution in [-0.2, 0) is 0 Å². The van der Waals surface area contributed by atoms with Crippen molar-refractivity contribution in [3.05, 3.63) is 36.0 Å². The molecule has 13 heavy (non-hydrogen) atoms. The van der Waals surface area contributed by atoms with Gasteiger partial charge in [0.2, 0.25) is 0 Å². The Morgan fingerprint density at radius 2 is 2.08 bits per heavy atom. The number of nitrogens with zero attached hydrogens (tertiary/aromatic N) is 1. The molecule has 1 aliphatic carbocycles. The number of benzene rings is 1. The third-order valence-electron chi connectivity index (χ3n) is 1.93. The van der Waals surface area contributed by atoms with Crippen molar-refractivity contribution in [3.8, 4) is 11.1 Å². The van der Waals surface area contributed by atoms with Gasteiger partial charge in [0, 0.05) is 11.8 Å². The van der Waals surface area contributed by atoms with Crippen LogP contribution in [0.3, 0.4) is 0 Å². The first kappa shape index (κ1) is 7.67. The Bertz CT molecular complexity index is 475. The third kappa shape index (κ3) is 1.22. The minimum absolute atomic E-state index is 0.309. The van der Waals surface area contributed by atoms with Crippen molar-refractivity contribution >= 4 is 5.69 Å². The molecule has 1 aliphatic heterocycles. The Morgan fingerprint density at radius 1 is 1.31 bits per heavy atom. The molecular formula is C9H9N3O. The van der Waals surface area contributed by atoms with Crippen LogP contribution < -0.4 is 11.1 Å². The zero-order chi connectivity index (χ0) is 9.42. The van der Waals surface area contributed by atoms with E-state index in [0.29, 0.717) is 11.0 Å². The molecule has 0 unspecified atom stereocenters. The van der Waals surface area contributed by atoms with Gasteiger partial charge in [0.1, 0.15) is 0 Å². The average Bonchev–Trinajstić information content (AvgIpc) is 2.08. The second kappa shape index (κ2) is 2.52. The van der Waals surface area contributed by atoms with Gasteiger partial charge in [0.15, 0.2) is 0 Å². The van der Waals surface area contributed by atoms with Crippen LogP contribution in [0.15, 0.2) is 30.6 Å². The molecule has 0 atom stereocenters.